The highest BCUT2D eigenvalue weighted by Crippen LogP contribution is 2.38. The molecule has 0 saturated heterocycles. The minimum absolute atomic E-state index is 0.0110. The molecule has 1 aliphatic carbocycles. The molecule has 0 bridgehead atoms. The van der Waals surface area contributed by atoms with Crippen molar-refractivity contribution in [2.24, 2.45) is 5.92 Å². The van der Waals surface area contributed by atoms with Gasteiger partial charge in [-0.25, -0.2) is 13.1 Å². The number of carbonyl (C=O) groups is 1. The molecule has 1 heterocycles. The van der Waals surface area contributed by atoms with Crippen LogP contribution in [0.3, 0.4) is 0 Å². The number of aromatic nitrogens is 2. The summed E-state index contributed by atoms with van der Waals surface area (Å²) in [6.07, 6.45) is 3.55. The molecule has 9 heteroatoms. The Hall–Kier alpha value is -2.52. The van der Waals surface area contributed by atoms with Gasteiger partial charge < -0.3 is 9.84 Å². The summed E-state index contributed by atoms with van der Waals surface area (Å²) in [5, 5.41) is 6.88. The van der Waals surface area contributed by atoms with E-state index in [1.807, 2.05) is 13.8 Å². The fraction of sp³-hybridized carbons (Fsp3) is 0.421. The molecule has 2 aromatic rings. The van der Waals surface area contributed by atoms with Crippen LogP contribution in [0.25, 0.3) is 0 Å². The highest BCUT2D eigenvalue weighted by Gasteiger charge is 2.31. The van der Waals surface area contributed by atoms with Crippen molar-refractivity contribution in [2.75, 3.05) is 6.54 Å². The number of nitrogens with zero attached hydrogens (tertiary/aromatic N) is 2. The SMILES string of the molecule is C=CCNS(=O)(=O)c1cccc(C(=O)NC(c2nc(C3CC3)no2)C(C)C)c1. The molecular formula is C19H24N4O4S. The van der Waals surface area contributed by atoms with Gasteiger partial charge in [-0.05, 0) is 37.0 Å². The summed E-state index contributed by atoms with van der Waals surface area (Å²) in [6, 6.07) is 5.39. The topological polar surface area (TPSA) is 114 Å². The average molecular weight is 404 g/mol. The van der Waals surface area contributed by atoms with E-state index < -0.39 is 22.0 Å². The van der Waals surface area contributed by atoms with Crippen LogP contribution in [0.2, 0.25) is 0 Å². The van der Waals surface area contributed by atoms with Gasteiger partial charge in [-0.2, -0.15) is 4.98 Å². The molecule has 1 aromatic heterocycles. The zero-order chi connectivity index (χ0) is 20.3. The van der Waals surface area contributed by atoms with Gasteiger partial charge in [-0.1, -0.05) is 31.1 Å². The second-order valence-corrected chi connectivity index (χ2v) is 8.90. The molecule has 28 heavy (non-hydrogen) atoms. The van der Waals surface area contributed by atoms with Crippen LogP contribution >= 0.6 is 0 Å². The van der Waals surface area contributed by atoms with Crippen LogP contribution < -0.4 is 10.0 Å². The van der Waals surface area contributed by atoms with E-state index in [9.17, 15) is 13.2 Å². The van der Waals surface area contributed by atoms with E-state index in [2.05, 4.69) is 26.8 Å². The van der Waals surface area contributed by atoms with Crippen molar-refractivity contribution >= 4 is 15.9 Å². The summed E-state index contributed by atoms with van der Waals surface area (Å²) in [4.78, 5) is 17.2. The van der Waals surface area contributed by atoms with Crippen molar-refractivity contribution in [3.8, 4) is 0 Å². The first-order chi connectivity index (χ1) is 13.3. The van der Waals surface area contributed by atoms with Crippen molar-refractivity contribution in [3.05, 3.63) is 54.2 Å². The van der Waals surface area contributed by atoms with Crippen molar-refractivity contribution in [1.29, 1.82) is 0 Å². The Morgan fingerprint density at radius 2 is 2.14 bits per heavy atom. The Balaban J connectivity index is 1.78. The Labute approximate surface area is 164 Å². The number of rotatable bonds is 9. The van der Waals surface area contributed by atoms with E-state index in [-0.39, 0.29) is 22.9 Å². The van der Waals surface area contributed by atoms with Crippen LogP contribution in [-0.4, -0.2) is 31.0 Å². The minimum Gasteiger partial charge on any atom is -0.340 e. The zero-order valence-corrected chi connectivity index (χ0v) is 16.7. The van der Waals surface area contributed by atoms with E-state index in [0.717, 1.165) is 12.8 Å². The smallest absolute Gasteiger partial charge is 0.251 e. The van der Waals surface area contributed by atoms with Crippen molar-refractivity contribution < 1.29 is 17.7 Å². The Morgan fingerprint density at radius 3 is 2.79 bits per heavy atom. The molecule has 2 N–H and O–H groups in total. The largest absolute Gasteiger partial charge is 0.340 e. The van der Waals surface area contributed by atoms with Gasteiger partial charge in [0.05, 0.1) is 4.90 Å². The van der Waals surface area contributed by atoms with Gasteiger partial charge >= 0.3 is 0 Å². The Morgan fingerprint density at radius 1 is 1.39 bits per heavy atom. The first-order valence-corrected chi connectivity index (χ1v) is 10.6. The monoisotopic (exact) mass is 404 g/mol. The molecule has 1 amide bonds. The van der Waals surface area contributed by atoms with E-state index in [4.69, 9.17) is 4.52 Å². The fourth-order valence-electron chi connectivity index (χ4n) is 2.68. The molecule has 1 aromatic carbocycles. The van der Waals surface area contributed by atoms with E-state index in [1.54, 1.807) is 6.07 Å². The predicted octanol–water partition coefficient (Wildman–Crippen LogP) is 2.54. The zero-order valence-electron chi connectivity index (χ0n) is 15.9. The molecule has 1 saturated carbocycles. The van der Waals surface area contributed by atoms with Crippen LogP contribution in [0.15, 0.2) is 46.3 Å². The van der Waals surface area contributed by atoms with Gasteiger partial charge in [0.1, 0.15) is 6.04 Å². The van der Waals surface area contributed by atoms with Crippen molar-refractivity contribution in [1.82, 2.24) is 20.2 Å². The van der Waals surface area contributed by atoms with E-state index in [0.29, 0.717) is 17.6 Å². The normalized spacial score (nSPS) is 15.4. The Kier molecular flexibility index (Phi) is 5.95. The van der Waals surface area contributed by atoms with E-state index >= 15 is 0 Å². The van der Waals surface area contributed by atoms with Crippen LogP contribution in [0.1, 0.15) is 60.7 Å². The lowest BCUT2D eigenvalue weighted by molar-refractivity contribution is 0.0913. The molecule has 3 rings (SSSR count). The number of hydrogen-bond acceptors (Lipinski definition) is 6. The average Bonchev–Trinajstić information content (AvgIpc) is 3.41. The van der Waals surface area contributed by atoms with Gasteiger partial charge in [-0.15, -0.1) is 6.58 Å². The molecule has 0 spiro atoms. The van der Waals surface area contributed by atoms with Gasteiger partial charge in [0.2, 0.25) is 15.9 Å². The van der Waals surface area contributed by atoms with Gasteiger partial charge in [-0.3, -0.25) is 4.79 Å². The first kappa shape index (κ1) is 20.2. The number of hydrogen-bond donors (Lipinski definition) is 2. The first-order valence-electron chi connectivity index (χ1n) is 9.17. The quantitative estimate of drug-likeness (QED) is 0.621. The third-order valence-electron chi connectivity index (χ3n) is 4.44. The lowest BCUT2D eigenvalue weighted by Crippen LogP contribution is -2.32. The molecular weight excluding hydrogens is 380 g/mol. The predicted molar refractivity (Wildman–Crippen MR) is 103 cm³/mol. The maximum absolute atomic E-state index is 12.7. The Bertz CT molecular complexity index is 964. The summed E-state index contributed by atoms with van der Waals surface area (Å²) in [7, 11) is -3.72. The maximum Gasteiger partial charge on any atom is 0.251 e. The molecule has 1 aliphatic rings. The summed E-state index contributed by atoms with van der Waals surface area (Å²) >= 11 is 0. The number of benzene rings is 1. The summed E-state index contributed by atoms with van der Waals surface area (Å²) in [5.74, 6) is 0.993. The number of sulfonamides is 1. The third kappa shape index (κ3) is 4.66. The molecule has 1 unspecified atom stereocenters. The van der Waals surface area contributed by atoms with Crippen molar-refractivity contribution in [3.63, 3.8) is 0 Å². The minimum atomic E-state index is -3.72. The standard InChI is InChI=1S/C19H24N4O4S/c1-4-10-20-28(25,26)15-7-5-6-14(11-15)18(24)21-16(12(2)3)19-22-17(23-27-19)13-8-9-13/h4-7,11-13,16,20H,1,8-10H2,2-3H3,(H,21,24). The number of amides is 1. The molecule has 8 nitrogen and oxygen atoms in total. The lowest BCUT2D eigenvalue weighted by Gasteiger charge is -2.18. The molecule has 150 valence electrons. The molecule has 1 fully saturated rings. The number of nitrogens with one attached hydrogen (secondary N) is 2. The van der Waals surface area contributed by atoms with Gasteiger partial charge in [0.15, 0.2) is 5.82 Å². The second-order valence-electron chi connectivity index (χ2n) is 7.13. The molecule has 0 radical (unpaired) electrons. The van der Waals surface area contributed by atoms with Crippen LogP contribution in [0.5, 0.6) is 0 Å². The van der Waals surface area contributed by atoms with E-state index in [1.165, 1.54) is 24.3 Å². The highest BCUT2D eigenvalue weighted by atomic mass is 32.2. The molecule has 1 atom stereocenters. The van der Waals surface area contributed by atoms with Crippen LogP contribution in [-0.2, 0) is 10.0 Å². The van der Waals surface area contributed by atoms with Gasteiger partial charge in [0.25, 0.3) is 5.91 Å². The van der Waals surface area contributed by atoms with Crippen molar-refractivity contribution in [2.45, 2.75) is 43.5 Å². The summed E-state index contributed by atoms with van der Waals surface area (Å²) in [5.41, 5.74) is 0.231. The highest BCUT2D eigenvalue weighted by molar-refractivity contribution is 7.89. The maximum atomic E-state index is 12.7. The van der Waals surface area contributed by atoms with Crippen LogP contribution in [0.4, 0.5) is 0 Å². The fourth-order valence-corrected chi connectivity index (χ4v) is 3.72. The summed E-state index contributed by atoms with van der Waals surface area (Å²) < 4.78 is 32.3. The van der Waals surface area contributed by atoms with Gasteiger partial charge in [0, 0.05) is 18.0 Å². The third-order valence-corrected chi connectivity index (χ3v) is 5.86. The second kappa shape index (κ2) is 8.24. The summed E-state index contributed by atoms with van der Waals surface area (Å²) in [6.45, 7) is 7.47. The lowest BCUT2D eigenvalue weighted by atomic mass is 10.0. The number of carbonyl (C=O) groups excluding carboxylic acids is 1. The molecule has 0 aliphatic heterocycles. The van der Waals surface area contributed by atoms with Crippen LogP contribution in [0, 0.1) is 5.92 Å².